The highest BCUT2D eigenvalue weighted by Gasteiger charge is 2.19. The zero-order chi connectivity index (χ0) is 18.6. The highest BCUT2D eigenvalue weighted by Crippen LogP contribution is 2.16. The topological polar surface area (TPSA) is 67.2 Å². The molecular weight excluding hydrogens is 340 g/mol. The molecule has 6 nitrogen and oxygen atoms in total. The van der Waals surface area contributed by atoms with Crippen molar-refractivity contribution in [2.75, 3.05) is 18.4 Å². The number of hydrogen-bond donors (Lipinski definition) is 1. The first kappa shape index (κ1) is 17.0. The predicted molar refractivity (Wildman–Crippen MR) is 103 cm³/mol. The fraction of sp³-hybridized carbons (Fsp3) is 0.190. The van der Waals surface area contributed by atoms with Gasteiger partial charge >= 0.3 is 0 Å². The molecule has 6 heteroatoms. The summed E-state index contributed by atoms with van der Waals surface area (Å²) in [6.07, 6.45) is 5.36. The van der Waals surface area contributed by atoms with Crippen LogP contribution in [-0.2, 0) is 0 Å². The molecule has 4 rings (SSSR count). The van der Waals surface area contributed by atoms with E-state index in [0.717, 1.165) is 31.6 Å². The Morgan fingerprint density at radius 2 is 1.59 bits per heavy atom. The first-order valence-electron chi connectivity index (χ1n) is 9.01. The Labute approximate surface area is 157 Å². The summed E-state index contributed by atoms with van der Waals surface area (Å²) in [6, 6.07) is 16.6. The number of likely N-dealkylation sites (tertiary alicyclic amines) is 1. The summed E-state index contributed by atoms with van der Waals surface area (Å²) >= 11 is 0. The molecule has 1 N–H and O–H groups in total. The number of carbonyl (C=O) groups excluding carboxylic acids is 2. The van der Waals surface area contributed by atoms with Gasteiger partial charge in [-0.05, 0) is 49.2 Å². The summed E-state index contributed by atoms with van der Waals surface area (Å²) in [5, 5.41) is 7.08. The zero-order valence-electron chi connectivity index (χ0n) is 14.8. The van der Waals surface area contributed by atoms with Gasteiger partial charge in [0, 0.05) is 30.5 Å². The normalized spacial score (nSPS) is 13.6. The number of carbonyl (C=O) groups is 2. The molecule has 0 aliphatic carbocycles. The van der Waals surface area contributed by atoms with Crippen molar-refractivity contribution in [1.29, 1.82) is 0 Å². The number of aromatic nitrogens is 2. The maximum Gasteiger partial charge on any atom is 0.258 e. The summed E-state index contributed by atoms with van der Waals surface area (Å²) in [6.45, 7) is 1.64. The monoisotopic (exact) mass is 360 g/mol. The van der Waals surface area contributed by atoms with Gasteiger partial charge in [-0.15, -0.1) is 0 Å². The molecule has 136 valence electrons. The summed E-state index contributed by atoms with van der Waals surface area (Å²) < 4.78 is 1.66. The van der Waals surface area contributed by atoms with E-state index in [9.17, 15) is 9.59 Å². The van der Waals surface area contributed by atoms with Gasteiger partial charge in [-0.3, -0.25) is 9.59 Å². The van der Waals surface area contributed by atoms with Crippen molar-refractivity contribution in [2.24, 2.45) is 0 Å². The fourth-order valence-corrected chi connectivity index (χ4v) is 3.16. The number of nitrogens with one attached hydrogen (secondary N) is 1. The van der Waals surface area contributed by atoms with E-state index in [1.807, 2.05) is 35.2 Å². The lowest BCUT2D eigenvalue weighted by molar-refractivity contribution is 0.0792. The van der Waals surface area contributed by atoms with Crippen LogP contribution in [0.3, 0.4) is 0 Å². The highest BCUT2D eigenvalue weighted by molar-refractivity contribution is 6.04. The maximum absolute atomic E-state index is 12.4. The summed E-state index contributed by atoms with van der Waals surface area (Å²) in [4.78, 5) is 26.7. The van der Waals surface area contributed by atoms with Gasteiger partial charge in [-0.1, -0.05) is 18.2 Å². The van der Waals surface area contributed by atoms with Gasteiger partial charge in [-0.2, -0.15) is 5.10 Å². The second-order valence-electron chi connectivity index (χ2n) is 6.54. The van der Waals surface area contributed by atoms with Gasteiger partial charge in [0.2, 0.25) is 0 Å². The minimum Gasteiger partial charge on any atom is -0.339 e. The van der Waals surface area contributed by atoms with E-state index < -0.39 is 0 Å². The van der Waals surface area contributed by atoms with Crippen molar-refractivity contribution in [3.05, 3.63) is 78.1 Å². The van der Waals surface area contributed by atoms with Crippen LogP contribution in [0.1, 0.15) is 33.6 Å². The Balaban J connectivity index is 1.42. The molecule has 0 unspecified atom stereocenters. The predicted octanol–water partition coefficient (Wildman–Crippen LogP) is 3.36. The van der Waals surface area contributed by atoms with Gasteiger partial charge in [0.25, 0.3) is 11.8 Å². The zero-order valence-corrected chi connectivity index (χ0v) is 14.8. The Morgan fingerprint density at radius 1 is 0.889 bits per heavy atom. The van der Waals surface area contributed by atoms with Crippen LogP contribution in [0.15, 0.2) is 67.0 Å². The standard InChI is InChI=1S/C21H20N4O2/c26-20(17-14-22-25(15-17)19-6-2-1-3-7-19)23-18-10-8-16(9-11-18)21(27)24-12-4-5-13-24/h1-3,6-11,14-15H,4-5,12-13H2,(H,23,26). The first-order chi connectivity index (χ1) is 13.2. The molecule has 2 aromatic carbocycles. The molecule has 1 saturated heterocycles. The lowest BCUT2D eigenvalue weighted by atomic mass is 10.2. The van der Waals surface area contributed by atoms with Crippen LogP contribution in [0.25, 0.3) is 5.69 Å². The lowest BCUT2D eigenvalue weighted by Crippen LogP contribution is -2.27. The number of anilines is 1. The fourth-order valence-electron chi connectivity index (χ4n) is 3.16. The van der Waals surface area contributed by atoms with Crippen molar-refractivity contribution < 1.29 is 9.59 Å². The third-order valence-electron chi connectivity index (χ3n) is 4.65. The summed E-state index contributed by atoms with van der Waals surface area (Å²) in [5.41, 5.74) is 2.65. The van der Waals surface area contributed by atoms with Crippen LogP contribution in [0.5, 0.6) is 0 Å². The largest absolute Gasteiger partial charge is 0.339 e. The number of amides is 2. The minimum absolute atomic E-state index is 0.0505. The summed E-state index contributed by atoms with van der Waals surface area (Å²) in [7, 11) is 0. The van der Waals surface area contributed by atoms with E-state index in [4.69, 9.17) is 0 Å². The molecule has 1 aromatic heterocycles. The van der Waals surface area contributed by atoms with Crippen LogP contribution < -0.4 is 5.32 Å². The van der Waals surface area contributed by atoms with Crippen molar-refractivity contribution in [1.82, 2.24) is 14.7 Å². The number of nitrogens with zero attached hydrogens (tertiary/aromatic N) is 3. The molecular formula is C21H20N4O2. The summed E-state index contributed by atoms with van der Waals surface area (Å²) in [5.74, 6) is -0.190. The van der Waals surface area contributed by atoms with Gasteiger partial charge in [0.15, 0.2) is 0 Å². The van der Waals surface area contributed by atoms with Gasteiger partial charge < -0.3 is 10.2 Å². The SMILES string of the molecule is O=C(Nc1ccc(C(=O)N2CCCC2)cc1)c1cnn(-c2ccccc2)c1. The molecule has 1 fully saturated rings. The van der Waals surface area contributed by atoms with Crippen molar-refractivity contribution in [3.8, 4) is 5.69 Å². The third-order valence-corrected chi connectivity index (χ3v) is 4.65. The number of hydrogen-bond acceptors (Lipinski definition) is 3. The lowest BCUT2D eigenvalue weighted by Gasteiger charge is -2.15. The van der Waals surface area contributed by atoms with E-state index in [1.165, 1.54) is 6.20 Å². The quantitative estimate of drug-likeness (QED) is 0.776. The van der Waals surface area contributed by atoms with E-state index in [2.05, 4.69) is 10.4 Å². The van der Waals surface area contributed by atoms with Crippen LogP contribution in [0, 0.1) is 0 Å². The Hall–Kier alpha value is -3.41. The molecule has 2 heterocycles. The van der Waals surface area contributed by atoms with Crippen LogP contribution >= 0.6 is 0 Å². The molecule has 2 amide bonds. The average molecular weight is 360 g/mol. The van der Waals surface area contributed by atoms with Crippen LogP contribution in [0.4, 0.5) is 5.69 Å². The second kappa shape index (κ2) is 7.45. The van der Waals surface area contributed by atoms with Crippen LogP contribution in [0.2, 0.25) is 0 Å². The van der Waals surface area contributed by atoms with Crippen molar-refractivity contribution in [2.45, 2.75) is 12.8 Å². The molecule has 27 heavy (non-hydrogen) atoms. The first-order valence-corrected chi connectivity index (χ1v) is 9.01. The molecule has 1 aliphatic heterocycles. The van der Waals surface area contributed by atoms with E-state index >= 15 is 0 Å². The second-order valence-corrected chi connectivity index (χ2v) is 6.54. The van der Waals surface area contributed by atoms with Crippen LogP contribution in [-0.4, -0.2) is 39.6 Å². The Morgan fingerprint density at radius 3 is 2.30 bits per heavy atom. The molecule has 0 atom stereocenters. The average Bonchev–Trinajstić information content (AvgIpc) is 3.41. The molecule has 0 spiro atoms. The molecule has 0 radical (unpaired) electrons. The van der Waals surface area contributed by atoms with E-state index in [-0.39, 0.29) is 11.8 Å². The Kier molecular flexibility index (Phi) is 4.70. The van der Waals surface area contributed by atoms with E-state index in [0.29, 0.717) is 16.8 Å². The smallest absolute Gasteiger partial charge is 0.258 e. The van der Waals surface area contributed by atoms with Crippen molar-refractivity contribution >= 4 is 17.5 Å². The molecule has 3 aromatic rings. The van der Waals surface area contributed by atoms with Gasteiger partial charge in [0.1, 0.15) is 0 Å². The highest BCUT2D eigenvalue weighted by atomic mass is 16.2. The molecule has 1 aliphatic rings. The van der Waals surface area contributed by atoms with Gasteiger partial charge in [0.05, 0.1) is 17.4 Å². The van der Waals surface area contributed by atoms with E-state index in [1.54, 1.807) is 35.1 Å². The van der Waals surface area contributed by atoms with Gasteiger partial charge in [-0.25, -0.2) is 4.68 Å². The maximum atomic E-state index is 12.4. The molecule has 0 bridgehead atoms. The number of benzene rings is 2. The number of rotatable bonds is 4. The Bertz CT molecular complexity index is 942. The molecule has 0 saturated carbocycles. The third kappa shape index (κ3) is 3.74. The number of para-hydroxylation sites is 1. The van der Waals surface area contributed by atoms with Crippen molar-refractivity contribution in [3.63, 3.8) is 0 Å². The minimum atomic E-state index is -0.240.